The number of unbranched alkanes of at least 4 members (excludes halogenated alkanes) is 2. The van der Waals surface area contributed by atoms with E-state index in [9.17, 15) is 4.79 Å². The van der Waals surface area contributed by atoms with Crippen LogP contribution in [-0.2, 0) is 6.54 Å². The zero-order valence-corrected chi connectivity index (χ0v) is 14.9. The van der Waals surface area contributed by atoms with Crippen molar-refractivity contribution in [2.45, 2.75) is 39.7 Å². The summed E-state index contributed by atoms with van der Waals surface area (Å²) in [6.45, 7) is 5.50. The molecular weight excluding hydrogens is 320 g/mol. The molecule has 126 valence electrons. The fraction of sp³-hybridized carbons (Fsp3) is 0.368. The first-order valence-electron chi connectivity index (χ1n) is 8.44. The summed E-state index contributed by atoms with van der Waals surface area (Å²) < 4.78 is 7.23. The van der Waals surface area contributed by atoms with E-state index in [0.717, 1.165) is 52.9 Å². The van der Waals surface area contributed by atoms with Crippen LogP contribution >= 0.6 is 11.3 Å². The third-order valence-corrected chi connectivity index (χ3v) is 4.93. The highest BCUT2D eigenvalue weighted by molar-refractivity contribution is 7.17. The molecule has 0 saturated carbocycles. The normalized spacial score (nSPS) is 11.1. The van der Waals surface area contributed by atoms with Crippen molar-refractivity contribution in [3.05, 3.63) is 46.3 Å². The predicted octanol–water partition coefficient (Wildman–Crippen LogP) is 4.71. The Morgan fingerprint density at radius 2 is 1.96 bits per heavy atom. The summed E-state index contributed by atoms with van der Waals surface area (Å²) in [4.78, 5) is 18.1. The van der Waals surface area contributed by atoms with E-state index in [4.69, 9.17) is 4.74 Å². The van der Waals surface area contributed by atoms with Crippen molar-refractivity contribution in [3.8, 4) is 16.9 Å². The smallest absolute Gasteiger partial charge is 0.262 e. The van der Waals surface area contributed by atoms with Crippen molar-refractivity contribution in [2.24, 2.45) is 0 Å². The molecule has 0 saturated heterocycles. The fourth-order valence-electron chi connectivity index (χ4n) is 2.77. The number of aromatic nitrogens is 2. The Labute approximate surface area is 145 Å². The maximum Gasteiger partial charge on any atom is 0.262 e. The van der Waals surface area contributed by atoms with E-state index >= 15 is 0 Å². The molecule has 3 rings (SSSR count). The van der Waals surface area contributed by atoms with Gasteiger partial charge in [0, 0.05) is 17.5 Å². The van der Waals surface area contributed by atoms with Gasteiger partial charge in [-0.1, -0.05) is 31.9 Å². The number of hydrogen-bond acceptors (Lipinski definition) is 4. The van der Waals surface area contributed by atoms with Gasteiger partial charge in [0.2, 0.25) is 0 Å². The molecule has 0 radical (unpaired) electrons. The molecule has 2 heterocycles. The van der Waals surface area contributed by atoms with Crippen molar-refractivity contribution in [1.82, 2.24) is 9.55 Å². The van der Waals surface area contributed by atoms with Crippen molar-refractivity contribution >= 4 is 21.6 Å². The number of ether oxygens (including phenoxy) is 1. The van der Waals surface area contributed by atoms with Crippen LogP contribution in [0.1, 0.15) is 33.1 Å². The molecule has 0 bridgehead atoms. The minimum atomic E-state index is 0.0567. The first-order chi connectivity index (χ1) is 11.7. The molecular formula is C19H22N2O2S. The predicted molar refractivity (Wildman–Crippen MR) is 100 cm³/mol. The Balaban J connectivity index is 1.99. The van der Waals surface area contributed by atoms with E-state index in [1.807, 2.05) is 36.6 Å². The van der Waals surface area contributed by atoms with Gasteiger partial charge in [-0.3, -0.25) is 9.36 Å². The highest BCUT2D eigenvalue weighted by atomic mass is 32.1. The average Bonchev–Trinajstić information content (AvgIpc) is 3.03. The first-order valence-corrected chi connectivity index (χ1v) is 9.32. The second-order valence-electron chi connectivity index (χ2n) is 5.74. The molecule has 0 aliphatic heterocycles. The molecule has 0 aliphatic rings. The Morgan fingerprint density at radius 1 is 1.17 bits per heavy atom. The Kier molecular flexibility index (Phi) is 5.30. The second-order valence-corrected chi connectivity index (χ2v) is 6.60. The van der Waals surface area contributed by atoms with Crippen LogP contribution in [0, 0.1) is 0 Å². The maximum atomic E-state index is 12.9. The molecule has 5 heteroatoms. The summed E-state index contributed by atoms with van der Waals surface area (Å²) in [6.07, 6.45) is 4.95. The van der Waals surface area contributed by atoms with Gasteiger partial charge in [-0.05, 0) is 31.0 Å². The van der Waals surface area contributed by atoms with Crippen molar-refractivity contribution in [2.75, 3.05) is 6.61 Å². The molecule has 0 atom stereocenters. The molecule has 0 amide bonds. The van der Waals surface area contributed by atoms with Crippen LogP contribution in [0.25, 0.3) is 21.3 Å². The Bertz CT molecular complexity index is 865. The molecule has 1 aromatic carbocycles. The summed E-state index contributed by atoms with van der Waals surface area (Å²) in [5.41, 5.74) is 2.04. The fourth-order valence-corrected chi connectivity index (χ4v) is 3.68. The lowest BCUT2D eigenvalue weighted by atomic mass is 10.1. The van der Waals surface area contributed by atoms with E-state index in [1.54, 1.807) is 10.9 Å². The lowest BCUT2D eigenvalue weighted by Crippen LogP contribution is -2.20. The number of nitrogens with zero attached hydrogens (tertiary/aromatic N) is 2. The van der Waals surface area contributed by atoms with Gasteiger partial charge >= 0.3 is 0 Å². The van der Waals surface area contributed by atoms with E-state index in [2.05, 4.69) is 11.9 Å². The zero-order chi connectivity index (χ0) is 16.9. The molecule has 0 N–H and O–H groups in total. The van der Waals surface area contributed by atoms with Crippen LogP contribution in [0.5, 0.6) is 5.75 Å². The highest BCUT2D eigenvalue weighted by Crippen LogP contribution is 2.31. The third kappa shape index (κ3) is 3.36. The van der Waals surface area contributed by atoms with E-state index in [-0.39, 0.29) is 5.56 Å². The second kappa shape index (κ2) is 7.62. The van der Waals surface area contributed by atoms with Crippen molar-refractivity contribution in [3.63, 3.8) is 0 Å². The Morgan fingerprint density at radius 3 is 2.67 bits per heavy atom. The van der Waals surface area contributed by atoms with Crippen LogP contribution in [0.2, 0.25) is 0 Å². The standard InChI is InChI=1S/C19H22N2O2S/c1-3-5-6-11-21-13-20-18-17(19(21)22)16(12-24-18)14-7-9-15(10-8-14)23-4-2/h7-10,12-13H,3-6,11H2,1-2H3. The monoisotopic (exact) mass is 342 g/mol. The molecule has 2 aromatic heterocycles. The third-order valence-electron chi connectivity index (χ3n) is 4.04. The van der Waals surface area contributed by atoms with Gasteiger partial charge in [0.1, 0.15) is 10.6 Å². The SMILES string of the molecule is CCCCCn1cnc2scc(-c3ccc(OCC)cc3)c2c1=O. The minimum Gasteiger partial charge on any atom is -0.494 e. The maximum absolute atomic E-state index is 12.9. The quantitative estimate of drug-likeness (QED) is 0.584. The Hall–Kier alpha value is -2.14. The van der Waals surface area contributed by atoms with Crippen LogP contribution in [0.3, 0.4) is 0 Å². The van der Waals surface area contributed by atoms with Crippen LogP contribution < -0.4 is 10.3 Å². The summed E-state index contributed by atoms with van der Waals surface area (Å²) in [5.74, 6) is 0.843. The average molecular weight is 342 g/mol. The highest BCUT2D eigenvalue weighted by Gasteiger charge is 2.13. The van der Waals surface area contributed by atoms with Gasteiger partial charge < -0.3 is 4.74 Å². The van der Waals surface area contributed by atoms with E-state index < -0.39 is 0 Å². The lowest BCUT2D eigenvalue weighted by Gasteiger charge is -2.06. The number of aryl methyl sites for hydroxylation is 1. The van der Waals surface area contributed by atoms with Gasteiger partial charge in [-0.25, -0.2) is 4.98 Å². The molecule has 0 unspecified atom stereocenters. The van der Waals surface area contributed by atoms with Gasteiger partial charge in [0.15, 0.2) is 0 Å². The molecule has 0 spiro atoms. The number of thiophene rings is 1. The van der Waals surface area contributed by atoms with Gasteiger partial charge in [-0.15, -0.1) is 11.3 Å². The van der Waals surface area contributed by atoms with E-state index in [1.165, 1.54) is 11.3 Å². The van der Waals surface area contributed by atoms with Gasteiger partial charge in [0.25, 0.3) is 5.56 Å². The zero-order valence-electron chi connectivity index (χ0n) is 14.1. The van der Waals surface area contributed by atoms with Crippen LogP contribution in [0.4, 0.5) is 0 Å². The van der Waals surface area contributed by atoms with Crippen molar-refractivity contribution < 1.29 is 4.74 Å². The van der Waals surface area contributed by atoms with Gasteiger partial charge in [-0.2, -0.15) is 0 Å². The van der Waals surface area contributed by atoms with Gasteiger partial charge in [0.05, 0.1) is 18.3 Å². The minimum absolute atomic E-state index is 0.0567. The van der Waals surface area contributed by atoms with Crippen LogP contribution in [0.15, 0.2) is 40.8 Å². The summed E-state index contributed by atoms with van der Waals surface area (Å²) in [6, 6.07) is 7.89. The van der Waals surface area contributed by atoms with Crippen molar-refractivity contribution in [1.29, 1.82) is 0 Å². The molecule has 0 aliphatic carbocycles. The number of benzene rings is 1. The van der Waals surface area contributed by atoms with E-state index in [0.29, 0.717) is 6.61 Å². The molecule has 4 nitrogen and oxygen atoms in total. The van der Waals surface area contributed by atoms with Crippen LogP contribution in [-0.4, -0.2) is 16.2 Å². The number of fused-ring (bicyclic) bond motifs is 1. The molecule has 3 aromatic rings. The largest absolute Gasteiger partial charge is 0.494 e. The summed E-state index contributed by atoms with van der Waals surface area (Å²) in [5, 5.41) is 2.74. The first kappa shape index (κ1) is 16.7. The lowest BCUT2D eigenvalue weighted by molar-refractivity contribution is 0.340. The molecule has 24 heavy (non-hydrogen) atoms. The summed E-state index contributed by atoms with van der Waals surface area (Å²) >= 11 is 1.52. The molecule has 0 fully saturated rings. The number of rotatable bonds is 7. The number of hydrogen-bond donors (Lipinski definition) is 0. The summed E-state index contributed by atoms with van der Waals surface area (Å²) in [7, 11) is 0. The topological polar surface area (TPSA) is 44.1 Å².